The minimum Gasteiger partial charge on any atom is -0.250 e. The quantitative estimate of drug-likeness (QED) is 0.924. The molecule has 0 radical (unpaired) electrons. The second-order valence-corrected chi connectivity index (χ2v) is 4.02. The molecule has 1 N–H and O–H groups in total. The van der Waals surface area contributed by atoms with Crippen LogP contribution in [-0.2, 0) is 0 Å². The maximum absolute atomic E-state index is 12.1. The van der Waals surface area contributed by atoms with Crippen LogP contribution in [0.5, 0.6) is 0 Å². The molecule has 4 nitrogen and oxygen atoms in total. The van der Waals surface area contributed by atoms with E-state index in [1.54, 1.807) is 24.3 Å². The van der Waals surface area contributed by atoms with Gasteiger partial charge in [0.2, 0.25) is 0 Å². The van der Waals surface area contributed by atoms with Crippen LogP contribution < -0.4 is 5.69 Å². The fraction of sp³-hybridized carbons (Fsp3) is 0.0909. The van der Waals surface area contributed by atoms with E-state index in [4.69, 9.17) is 11.6 Å². The Morgan fingerprint density at radius 3 is 2.47 bits per heavy atom. The Morgan fingerprint density at radius 2 is 1.89 bits per heavy atom. The summed E-state index contributed by atoms with van der Waals surface area (Å²) >= 11 is 5.71. The molecule has 0 saturated heterocycles. The lowest BCUT2D eigenvalue weighted by molar-refractivity contribution is -0.0792. The summed E-state index contributed by atoms with van der Waals surface area (Å²) in [6.45, 7) is 0. The number of halogens is 4. The van der Waals surface area contributed by atoms with E-state index in [1.165, 1.54) is 0 Å². The van der Waals surface area contributed by atoms with Crippen molar-refractivity contribution in [1.29, 1.82) is 0 Å². The van der Waals surface area contributed by atoms with E-state index < -0.39 is 11.9 Å². The van der Waals surface area contributed by atoms with E-state index in [0.717, 1.165) is 4.57 Å². The molecule has 8 heteroatoms. The first-order valence-corrected chi connectivity index (χ1v) is 5.43. The van der Waals surface area contributed by atoms with Crippen LogP contribution in [0, 0.1) is 0 Å². The number of allylic oxidation sites excluding steroid dienone is 1. The van der Waals surface area contributed by atoms with Gasteiger partial charge in [0.15, 0.2) is 5.82 Å². The molecule has 0 unspecified atom stereocenters. The lowest BCUT2D eigenvalue weighted by Gasteiger charge is -2.02. The van der Waals surface area contributed by atoms with E-state index in [0.29, 0.717) is 16.8 Å². The van der Waals surface area contributed by atoms with Crippen LogP contribution in [0.25, 0.3) is 17.6 Å². The Kier molecular flexibility index (Phi) is 3.48. The van der Waals surface area contributed by atoms with E-state index in [-0.39, 0.29) is 11.9 Å². The summed E-state index contributed by atoms with van der Waals surface area (Å²) in [6, 6.07) is 6.20. The second-order valence-electron chi connectivity index (χ2n) is 3.59. The van der Waals surface area contributed by atoms with E-state index >= 15 is 0 Å². The molecule has 0 bridgehead atoms. The van der Waals surface area contributed by atoms with Gasteiger partial charge in [0, 0.05) is 22.9 Å². The predicted octanol–water partition coefficient (Wildman–Crippen LogP) is 2.92. The third-order valence-corrected chi connectivity index (χ3v) is 2.47. The molecule has 100 valence electrons. The summed E-state index contributed by atoms with van der Waals surface area (Å²) in [5, 5.41) is 6.24. The molecule has 2 rings (SSSR count). The van der Waals surface area contributed by atoms with Gasteiger partial charge in [-0.25, -0.2) is 14.5 Å². The van der Waals surface area contributed by atoms with Crippen molar-refractivity contribution in [3.05, 3.63) is 45.8 Å². The predicted molar refractivity (Wildman–Crippen MR) is 64.7 cm³/mol. The second kappa shape index (κ2) is 4.93. The number of rotatable bonds is 2. The first-order chi connectivity index (χ1) is 8.87. The topological polar surface area (TPSA) is 50.7 Å². The standard InChI is InChI=1S/C11H7ClF3N3O/c12-8-3-1-7(2-4-8)9-16-17-10(19)18(9)6-5-11(13,14)15/h1-6H,(H,17,19)/b6-5+. The summed E-state index contributed by atoms with van der Waals surface area (Å²) in [4.78, 5) is 11.4. The minimum atomic E-state index is -4.51. The van der Waals surface area contributed by atoms with Crippen molar-refractivity contribution < 1.29 is 13.2 Å². The molecule has 0 aliphatic carbocycles. The molecule has 0 aliphatic heterocycles. The van der Waals surface area contributed by atoms with Crippen molar-refractivity contribution in [2.75, 3.05) is 0 Å². The van der Waals surface area contributed by atoms with Gasteiger partial charge in [-0.3, -0.25) is 0 Å². The number of hydrogen-bond acceptors (Lipinski definition) is 2. The molecule has 0 saturated carbocycles. The molecule has 1 aromatic carbocycles. The Hall–Kier alpha value is -2.02. The maximum atomic E-state index is 12.1. The number of H-pyrrole nitrogens is 1. The number of aromatic nitrogens is 3. The van der Waals surface area contributed by atoms with E-state index in [2.05, 4.69) is 10.2 Å². The Labute approximate surface area is 110 Å². The molecule has 0 atom stereocenters. The zero-order valence-corrected chi connectivity index (χ0v) is 10.0. The van der Waals surface area contributed by atoms with E-state index in [1.807, 2.05) is 0 Å². The van der Waals surface area contributed by atoms with Crippen LogP contribution in [-0.4, -0.2) is 20.9 Å². The Bertz CT molecular complexity index is 655. The average molecular weight is 290 g/mol. The fourth-order valence-electron chi connectivity index (χ4n) is 1.40. The molecule has 0 fully saturated rings. The van der Waals surface area contributed by atoms with Crippen LogP contribution in [0.3, 0.4) is 0 Å². The summed E-state index contributed by atoms with van der Waals surface area (Å²) < 4.78 is 37.1. The van der Waals surface area contributed by atoms with Crippen molar-refractivity contribution >= 4 is 17.8 Å². The van der Waals surface area contributed by atoms with Gasteiger partial charge in [0.25, 0.3) is 0 Å². The van der Waals surface area contributed by atoms with Crippen molar-refractivity contribution in [2.24, 2.45) is 0 Å². The number of alkyl halides is 3. The highest BCUT2D eigenvalue weighted by Gasteiger charge is 2.22. The normalized spacial score (nSPS) is 12.2. The van der Waals surface area contributed by atoms with Gasteiger partial charge < -0.3 is 0 Å². The minimum absolute atomic E-state index is 0.0384. The van der Waals surface area contributed by atoms with Crippen molar-refractivity contribution in [2.45, 2.75) is 6.18 Å². The van der Waals surface area contributed by atoms with Crippen molar-refractivity contribution in [3.63, 3.8) is 0 Å². The number of nitrogens with one attached hydrogen (secondary N) is 1. The smallest absolute Gasteiger partial charge is 0.250 e. The van der Waals surface area contributed by atoms with Crippen LogP contribution in [0.2, 0.25) is 5.02 Å². The highest BCUT2D eigenvalue weighted by atomic mass is 35.5. The summed E-state index contributed by atoms with van der Waals surface area (Å²) in [7, 11) is 0. The third kappa shape index (κ3) is 3.25. The van der Waals surface area contributed by atoms with Crippen LogP contribution in [0.4, 0.5) is 13.2 Å². The fourth-order valence-corrected chi connectivity index (χ4v) is 1.53. The largest absolute Gasteiger partial charge is 0.411 e. The molecule has 0 spiro atoms. The first-order valence-electron chi connectivity index (χ1n) is 5.06. The number of benzene rings is 1. The third-order valence-electron chi connectivity index (χ3n) is 2.22. The van der Waals surface area contributed by atoms with Gasteiger partial charge in [-0.15, -0.1) is 0 Å². The highest BCUT2D eigenvalue weighted by molar-refractivity contribution is 6.30. The highest BCUT2D eigenvalue weighted by Crippen LogP contribution is 2.20. The van der Waals surface area contributed by atoms with Gasteiger partial charge >= 0.3 is 11.9 Å². The molecule has 19 heavy (non-hydrogen) atoms. The molecule has 1 heterocycles. The summed E-state index contributed by atoms with van der Waals surface area (Å²) in [5.41, 5.74) is -0.292. The lowest BCUT2D eigenvalue weighted by Crippen LogP contribution is -2.13. The lowest BCUT2D eigenvalue weighted by atomic mass is 10.2. The van der Waals surface area contributed by atoms with Gasteiger partial charge in [-0.1, -0.05) is 11.6 Å². The van der Waals surface area contributed by atoms with Crippen molar-refractivity contribution in [1.82, 2.24) is 14.8 Å². The zero-order chi connectivity index (χ0) is 14.0. The first kappa shape index (κ1) is 13.4. The molecule has 0 aliphatic rings. The van der Waals surface area contributed by atoms with Crippen LogP contribution >= 0.6 is 11.6 Å². The molecular formula is C11H7ClF3N3O. The molecule has 2 aromatic rings. The molecule has 0 amide bonds. The van der Waals surface area contributed by atoms with Crippen LogP contribution in [0.1, 0.15) is 0 Å². The molecule has 1 aromatic heterocycles. The summed E-state index contributed by atoms with van der Waals surface area (Å²) in [5.74, 6) is 0.0715. The number of hydrogen-bond donors (Lipinski definition) is 1. The summed E-state index contributed by atoms with van der Waals surface area (Å²) in [6.07, 6.45) is -3.92. The van der Waals surface area contributed by atoms with E-state index in [9.17, 15) is 18.0 Å². The average Bonchev–Trinajstić information content (AvgIpc) is 2.68. The monoisotopic (exact) mass is 289 g/mol. The number of nitrogens with zero attached hydrogens (tertiary/aromatic N) is 2. The van der Waals surface area contributed by atoms with Gasteiger partial charge in [0.05, 0.1) is 0 Å². The Morgan fingerprint density at radius 1 is 1.26 bits per heavy atom. The molecular weight excluding hydrogens is 283 g/mol. The van der Waals surface area contributed by atoms with Crippen LogP contribution in [0.15, 0.2) is 35.1 Å². The van der Waals surface area contributed by atoms with Gasteiger partial charge in [-0.05, 0) is 24.3 Å². The number of aromatic amines is 1. The maximum Gasteiger partial charge on any atom is 0.411 e. The zero-order valence-electron chi connectivity index (χ0n) is 9.28. The van der Waals surface area contributed by atoms with Gasteiger partial charge in [-0.2, -0.15) is 18.3 Å². The van der Waals surface area contributed by atoms with Crippen molar-refractivity contribution in [3.8, 4) is 11.4 Å². The SMILES string of the molecule is O=c1[nH]nc(-c2ccc(Cl)cc2)n1/C=C/C(F)(F)F. The van der Waals surface area contributed by atoms with Gasteiger partial charge in [0.1, 0.15) is 0 Å². The Balaban J connectivity index is 2.46.